The number of fused-ring (bicyclic) bond motifs is 1. The molecule has 0 amide bonds. The van der Waals surface area contributed by atoms with Gasteiger partial charge in [-0.3, -0.25) is 0 Å². The van der Waals surface area contributed by atoms with Crippen LogP contribution in [0.2, 0.25) is 0 Å². The van der Waals surface area contributed by atoms with E-state index >= 15 is 0 Å². The summed E-state index contributed by atoms with van der Waals surface area (Å²) in [4.78, 5) is 11.6. The second kappa shape index (κ2) is 6.72. The zero-order valence-corrected chi connectivity index (χ0v) is 14.7. The van der Waals surface area contributed by atoms with Crippen molar-refractivity contribution in [3.05, 3.63) is 65.9 Å². The van der Waals surface area contributed by atoms with Crippen LogP contribution in [-0.2, 0) is 16.4 Å². The van der Waals surface area contributed by atoms with Gasteiger partial charge in [0.05, 0.1) is 16.0 Å². The van der Waals surface area contributed by atoms with Crippen LogP contribution in [0.25, 0.3) is 10.9 Å². The normalized spacial score (nSPS) is 11.7. The van der Waals surface area contributed by atoms with E-state index < -0.39 is 16.0 Å². The molecule has 0 spiro atoms. The SMILES string of the molecule is CCCCc1ccc(S(=O)(=O)n2cc(C(=O)O)c3ccccc32)cc1. The quantitative estimate of drug-likeness (QED) is 0.725. The summed E-state index contributed by atoms with van der Waals surface area (Å²) in [5, 5.41) is 9.74. The topological polar surface area (TPSA) is 76.4 Å². The van der Waals surface area contributed by atoms with Crippen LogP contribution in [0.3, 0.4) is 0 Å². The summed E-state index contributed by atoms with van der Waals surface area (Å²) in [5.41, 5.74) is 1.41. The van der Waals surface area contributed by atoms with Crippen molar-refractivity contribution in [1.29, 1.82) is 0 Å². The third-order valence-corrected chi connectivity index (χ3v) is 5.90. The van der Waals surface area contributed by atoms with Crippen LogP contribution in [-0.4, -0.2) is 23.5 Å². The first-order valence-corrected chi connectivity index (χ1v) is 9.57. The van der Waals surface area contributed by atoms with E-state index in [1.165, 1.54) is 6.20 Å². The van der Waals surface area contributed by atoms with Gasteiger partial charge in [0.15, 0.2) is 0 Å². The van der Waals surface area contributed by atoms with Crippen LogP contribution in [0.4, 0.5) is 0 Å². The molecule has 1 N–H and O–H groups in total. The van der Waals surface area contributed by atoms with Crippen LogP contribution in [0.1, 0.15) is 35.7 Å². The lowest BCUT2D eigenvalue weighted by molar-refractivity contribution is 0.0699. The van der Waals surface area contributed by atoms with Gasteiger partial charge in [0.2, 0.25) is 0 Å². The molecular formula is C19H19NO4S. The number of aromatic nitrogens is 1. The largest absolute Gasteiger partial charge is 0.478 e. The van der Waals surface area contributed by atoms with E-state index in [2.05, 4.69) is 6.92 Å². The van der Waals surface area contributed by atoms with Crippen LogP contribution >= 0.6 is 0 Å². The van der Waals surface area contributed by atoms with Crippen molar-refractivity contribution in [2.75, 3.05) is 0 Å². The molecule has 6 heteroatoms. The summed E-state index contributed by atoms with van der Waals surface area (Å²) in [6.45, 7) is 2.11. The fourth-order valence-electron chi connectivity index (χ4n) is 2.84. The molecule has 0 bridgehead atoms. The summed E-state index contributed by atoms with van der Waals surface area (Å²) in [5.74, 6) is -1.15. The van der Waals surface area contributed by atoms with Gasteiger partial charge in [-0.15, -0.1) is 0 Å². The standard InChI is InChI=1S/C19H19NO4S/c1-2-3-6-14-9-11-15(12-10-14)25(23,24)20-13-17(19(21)22)16-7-4-5-8-18(16)20/h4-5,7-13H,2-3,6H2,1H3,(H,21,22). The Bertz CT molecular complexity index is 1020. The Labute approximate surface area is 146 Å². The van der Waals surface area contributed by atoms with Gasteiger partial charge in [-0.05, 0) is 36.6 Å². The number of rotatable bonds is 6. The molecule has 3 aromatic rings. The molecule has 0 radical (unpaired) electrons. The van der Waals surface area contributed by atoms with Crippen molar-refractivity contribution in [2.24, 2.45) is 0 Å². The minimum atomic E-state index is -3.86. The van der Waals surface area contributed by atoms with E-state index in [0.29, 0.717) is 10.9 Å². The summed E-state index contributed by atoms with van der Waals surface area (Å²) >= 11 is 0. The fraction of sp³-hybridized carbons (Fsp3) is 0.211. The molecule has 0 saturated heterocycles. The first-order valence-electron chi connectivity index (χ1n) is 8.13. The highest BCUT2D eigenvalue weighted by Crippen LogP contribution is 2.26. The average Bonchev–Trinajstić information content (AvgIpc) is 3.01. The minimum Gasteiger partial charge on any atom is -0.478 e. The zero-order chi connectivity index (χ0) is 18.0. The number of nitrogens with zero attached hydrogens (tertiary/aromatic N) is 1. The van der Waals surface area contributed by atoms with Crippen molar-refractivity contribution in [1.82, 2.24) is 3.97 Å². The highest BCUT2D eigenvalue weighted by molar-refractivity contribution is 7.90. The second-order valence-corrected chi connectivity index (χ2v) is 7.73. The van der Waals surface area contributed by atoms with E-state index in [4.69, 9.17) is 0 Å². The molecule has 0 aliphatic rings. The highest BCUT2D eigenvalue weighted by atomic mass is 32.2. The van der Waals surface area contributed by atoms with Crippen LogP contribution in [0, 0.1) is 0 Å². The maximum atomic E-state index is 13.0. The van der Waals surface area contributed by atoms with Gasteiger partial charge in [-0.1, -0.05) is 43.7 Å². The number of unbranched alkanes of at least 4 members (excludes halogenated alkanes) is 1. The van der Waals surface area contributed by atoms with Crippen molar-refractivity contribution >= 4 is 26.9 Å². The maximum Gasteiger partial charge on any atom is 0.337 e. The van der Waals surface area contributed by atoms with Crippen molar-refractivity contribution < 1.29 is 18.3 Å². The fourth-order valence-corrected chi connectivity index (χ4v) is 4.21. The molecule has 5 nitrogen and oxygen atoms in total. The van der Waals surface area contributed by atoms with Gasteiger partial charge in [0.25, 0.3) is 10.0 Å². The van der Waals surface area contributed by atoms with E-state index in [1.54, 1.807) is 36.4 Å². The Hall–Kier alpha value is -2.60. The smallest absolute Gasteiger partial charge is 0.337 e. The third kappa shape index (κ3) is 3.17. The number of benzene rings is 2. The van der Waals surface area contributed by atoms with Crippen LogP contribution < -0.4 is 0 Å². The number of aromatic carboxylic acids is 1. The number of hydrogen-bond acceptors (Lipinski definition) is 3. The molecule has 3 rings (SSSR count). The van der Waals surface area contributed by atoms with Gasteiger partial charge < -0.3 is 5.11 Å². The summed E-state index contributed by atoms with van der Waals surface area (Å²) in [6, 6.07) is 13.4. The number of carboxylic acid groups (broad SMARTS) is 1. The zero-order valence-electron chi connectivity index (χ0n) is 13.8. The van der Waals surface area contributed by atoms with Crippen molar-refractivity contribution in [2.45, 2.75) is 31.1 Å². The van der Waals surface area contributed by atoms with E-state index in [1.807, 2.05) is 12.1 Å². The van der Waals surface area contributed by atoms with Gasteiger partial charge in [0.1, 0.15) is 0 Å². The van der Waals surface area contributed by atoms with Crippen molar-refractivity contribution in [3.63, 3.8) is 0 Å². The predicted octanol–water partition coefficient (Wildman–Crippen LogP) is 3.92. The van der Waals surface area contributed by atoms with Crippen LogP contribution in [0.5, 0.6) is 0 Å². The van der Waals surface area contributed by atoms with E-state index in [0.717, 1.165) is 28.8 Å². The molecule has 0 aliphatic heterocycles. The summed E-state index contributed by atoms with van der Waals surface area (Å²) < 4.78 is 27.0. The molecule has 0 aliphatic carbocycles. The average molecular weight is 357 g/mol. The monoisotopic (exact) mass is 357 g/mol. The second-order valence-electron chi connectivity index (χ2n) is 5.91. The summed E-state index contributed by atoms with van der Waals surface area (Å²) in [7, 11) is -3.86. The Morgan fingerprint density at radius 3 is 2.40 bits per heavy atom. The van der Waals surface area contributed by atoms with Crippen LogP contribution in [0.15, 0.2) is 59.6 Å². The third-order valence-electron chi connectivity index (χ3n) is 4.21. The van der Waals surface area contributed by atoms with E-state index in [-0.39, 0.29) is 10.5 Å². The molecule has 0 fully saturated rings. The predicted molar refractivity (Wildman–Crippen MR) is 96.5 cm³/mol. The molecule has 0 saturated carbocycles. The molecule has 2 aromatic carbocycles. The molecule has 0 unspecified atom stereocenters. The van der Waals surface area contributed by atoms with E-state index in [9.17, 15) is 18.3 Å². The minimum absolute atomic E-state index is 0.0289. The van der Waals surface area contributed by atoms with Gasteiger partial charge >= 0.3 is 5.97 Å². The molecule has 0 atom stereocenters. The molecular weight excluding hydrogens is 338 g/mol. The number of para-hydroxylation sites is 1. The lowest BCUT2D eigenvalue weighted by atomic mass is 10.1. The molecule has 25 heavy (non-hydrogen) atoms. The van der Waals surface area contributed by atoms with Crippen molar-refractivity contribution in [3.8, 4) is 0 Å². The molecule has 130 valence electrons. The lowest BCUT2D eigenvalue weighted by Gasteiger charge is -2.08. The number of hydrogen-bond donors (Lipinski definition) is 1. The van der Waals surface area contributed by atoms with Gasteiger partial charge in [0, 0.05) is 11.6 Å². The summed E-state index contributed by atoms with van der Waals surface area (Å²) in [6.07, 6.45) is 4.21. The molecule has 1 heterocycles. The highest BCUT2D eigenvalue weighted by Gasteiger charge is 2.23. The Morgan fingerprint density at radius 2 is 1.76 bits per heavy atom. The Morgan fingerprint density at radius 1 is 1.08 bits per heavy atom. The maximum absolute atomic E-state index is 13.0. The Balaban J connectivity index is 2.09. The Kier molecular flexibility index (Phi) is 4.63. The first kappa shape index (κ1) is 17.2. The van der Waals surface area contributed by atoms with Gasteiger partial charge in [-0.25, -0.2) is 17.2 Å². The number of carbonyl (C=O) groups is 1. The number of carboxylic acids is 1. The first-order chi connectivity index (χ1) is 11.9. The number of aryl methyl sites for hydroxylation is 1. The lowest BCUT2D eigenvalue weighted by Crippen LogP contribution is -2.12. The molecule has 1 aromatic heterocycles. The van der Waals surface area contributed by atoms with Gasteiger partial charge in [-0.2, -0.15) is 0 Å².